The quantitative estimate of drug-likeness (QED) is 0.936. The summed E-state index contributed by atoms with van der Waals surface area (Å²) in [4.78, 5) is 20.3. The minimum Gasteiger partial charge on any atom is -0.364 e. The normalized spacial score (nSPS) is 23.6. The number of aromatic amines is 1. The fourth-order valence-electron chi connectivity index (χ4n) is 3.70. The third-order valence-corrected chi connectivity index (χ3v) is 5.25. The molecule has 0 saturated carbocycles. The summed E-state index contributed by atoms with van der Waals surface area (Å²) in [5.74, 6) is 0.862. The van der Waals surface area contributed by atoms with Gasteiger partial charge in [0.1, 0.15) is 0 Å². The van der Waals surface area contributed by atoms with Gasteiger partial charge in [-0.1, -0.05) is 23.7 Å². The summed E-state index contributed by atoms with van der Waals surface area (Å²) < 4.78 is 0. The van der Waals surface area contributed by atoms with E-state index in [4.69, 9.17) is 11.6 Å². The van der Waals surface area contributed by atoms with Gasteiger partial charge in [-0.15, -0.1) is 0 Å². The first-order valence-corrected chi connectivity index (χ1v) is 8.45. The standard InChI is InChI=1S/C18H20ClN3O/c19-15-5-3-13(4-6-15)8-18(23)22-10-14-9-21(17(14)12-22)11-16-2-1-7-20-16/h1-7,14,17,20H,8-12H2/t14-,17+/m0/s1. The van der Waals surface area contributed by atoms with E-state index in [1.165, 1.54) is 5.69 Å². The summed E-state index contributed by atoms with van der Waals surface area (Å²) in [5, 5.41) is 0.709. The molecule has 4 nitrogen and oxygen atoms in total. The number of H-pyrrole nitrogens is 1. The summed E-state index contributed by atoms with van der Waals surface area (Å²) >= 11 is 5.89. The number of hydrogen-bond acceptors (Lipinski definition) is 2. The van der Waals surface area contributed by atoms with Crippen LogP contribution in [0, 0.1) is 5.92 Å². The van der Waals surface area contributed by atoms with Crippen LogP contribution in [0.3, 0.4) is 0 Å². The molecule has 2 fully saturated rings. The molecule has 4 rings (SSSR count). The van der Waals surface area contributed by atoms with Crippen LogP contribution < -0.4 is 0 Å². The van der Waals surface area contributed by atoms with Crippen molar-refractivity contribution in [2.24, 2.45) is 5.92 Å². The van der Waals surface area contributed by atoms with Gasteiger partial charge in [-0.25, -0.2) is 0 Å². The molecule has 2 aliphatic rings. The average molecular weight is 330 g/mol. The molecule has 2 aromatic rings. The second-order valence-corrected chi connectivity index (χ2v) is 6.99. The van der Waals surface area contributed by atoms with E-state index in [2.05, 4.69) is 16.0 Å². The molecule has 2 atom stereocenters. The lowest BCUT2D eigenvalue weighted by atomic mass is 9.92. The first kappa shape index (κ1) is 14.8. The molecule has 5 heteroatoms. The zero-order valence-electron chi connectivity index (χ0n) is 12.9. The molecular formula is C18H20ClN3O. The van der Waals surface area contributed by atoms with Crippen molar-refractivity contribution in [3.8, 4) is 0 Å². The van der Waals surface area contributed by atoms with Crippen molar-refractivity contribution in [1.29, 1.82) is 0 Å². The number of benzene rings is 1. The zero-order chi connectivity index (χ0) is 15.8. The first-order chi connectivity index (χ1) is 11.2. The minimum atomic E-state index is 0.224. The van der Waals surface area contributed by atoms with E-state index in [0.717, 1.165) is 31.7 Å². The Hall–Kier alpha value is -1.78. The second-order valence-electron chi connectivity index (χ2n) is 6.55. The van der Waals surface area contributed by atoms with Gasteiger partial charge >= 0.3 is 0 Å². The maximum absolute atomic E-state index is 12.5. The van der Waals surface area contributed by atoms with Gasteiger partial charge in [0.2, 0.25) is 5.91 Å². The highest BCUT2D eigenvalue weighted by molar-refractivity contribution is 6.30. The van der Waals surface area contributed by atoms with Crippen molar-refractivity contribution >= 4 is 17.5 Å². The van der Waals surface area contributed by atoms with Crippen LogP contribution in [0.5, 0.6) is 0 Å². The largest absolute Gasteiger partial charge is 0.364 e. The second kappa shape index (κ2) is 6.02. The Labute approximate surface area is 141 Å². The van der Waals surface area contributed by atoms with Crippen molar-refractivity contribution in [3.05, 3.63) is 58.9 Å². The summed E-state index contributed by atoms with van der Waals surface area (Å²) in [7, 11) is 0. The van der Waals surface area contributed by atoms with E-state index in [9.17, 15) is 4.79 Å². The average Bonchev–Trinajstić information content (AvgIpc) is 3.15. The molecular weight excluding hydrogens is 310 g/mol. The number of hydrogen-bond donors (Lipinski definition) is 1. The first-order valence-electron chi connectivity index (χ1n) is 8.07. The molecule has 3 heterocycles. The predicted molar refractivity (Wildman–Crippen MR) is 90.2 cm³/mol. The Morgan fingerprint density at radius 3 is 2.74 bits per heavy atom. The van der Waals surface area contributed by atoms with Crippen LogP contribution in [0.1, 0.15) is 11.3 Å². The Morgan fingerprint density at radius 1 is 1.17 bits per heavy atom. The molecule has 0 bridgehead atoms. The fraction of sp³-hybridized carbons (Fsp3) is 0.389. The molecule has 1 aromatic heterocycles. The Balaban J connectivity index is 1.33. The number of fused-ring (bicyclic) bond motifs is 1. The molecule has 1 amide bonds. The lowest BCUT2D eigenvalue weighted by Crippen LogP contribution is -2.54. The van der Waals surface area contributed by atoms with Crippen molar-refractivity contribution in [3.63, 3.8) is 0 Å². The van der Waals surface area contributed by atoms with E-state index in [0.29, 0.717) is 23.4 Å². The molecule has 1 N–H and O–H groups in total. The Kier molecular flexibility index (Phi) is 3.87. The number of halogens is 1. The van der Waals surface area contributed by atoms with E-state index in [-0.39, 0.29) is 5.91 Å². The van der Waals surface area contributed by atoms with Crippen molar-refractivity contribution in [1.82, 2.24) is 14.8 Å². The van der Waals surface area contributed by atoms with Gasteiger partial charge in [0.15, 0.2) is 0 Å². The highest BCUT2D eigenvalue weighted by atomic mass is 35.5. The lowest BCUT2D eigenvalue weighted by Gasteiger charge is -2.43. The van der Waals surface area contributed by atoms with E-state index in [1.807, 2.05) is 41.4 Å². The van der Waals surface area contributed by atoms with Gasteiger partial charge in [-0.2, -0.15) is 0 Å². The van der Waals surface area contributed by atoms with Gasteiger partial charge in [0.25, 0.3) is 0 Å². The maximum atomic E-state index is 12.5. The number of nitrogens with one attached hydrogen (secondary N) is 1. The number of carbonyl (C=O) groups is 1. The van der Waals surface area contributed by atoms with Gasteiger partial charge in [0, 0.05) is 55.1 Å². The summed E-state index contributed by atoms with van der Waals surface area (Å²) in [5.41, 5.74) is 2.27. The predicted octanol–water partition coefficient (Wildman–Crippen LogP) is 2.55. The van der Waals surface area contributed by atoms with Crippen LogP contribution in [0.25, 0.3) is 0 Å². The molecule has 0 aliphatic carbocycles. The molecule has 23 heavy (non-hydrogen) atoms. The molecule has 2 saturated heterocycles. The topological polar surface area (TPSA) is 39.3 Å². The number of amides is 1. The zero-order valence-corrected chi connectivity index (χ0v) is 13.7. The van der Waals surface area contributed by atoms with Crippen molar-refractivity contribution in [2.45, 2.75) is 19.0 Å². The van der Waals surface area contributed by atoms with Crippen LogP contribution in [-0.4, -0.2) is 46.4 Å². The fourth-order valence-corrected chi connectivity index (χ4v) is 3.83. The number of likely N-dealkylation sites (tertiary alicyclic amines) is 2. The SMILES string of the molecule is O=C(Cc1ccc(Cl)cc1)N1C[C@@H]2CN(Cc3ccc[nH]3)[C@@H]2C1. The summed E-state index contributed by atoms with van der Waals surface area (Å²) in [6, 6.07) is 12.2. The van der Waals surface area contributed by atoms with Crippen LogP contribution in [0.4, 0.5) is 0 Å². The van der Waals surface area contributed by atoms with Crippen molar-refractivity contribution < 1.29 is 4.79 Å². The molecule has 1 aromatic carbocycles. The van der Waals surface area contributed by atoms with E-state index in [1.54, 1.807) is 0 Å². The molecule has 0 radical (unpaired) electrons. The van der Waals surface area contributed by atoms with Crippen LogP contribution in [-0.2, 0) is 17.8 Å². The number of nitrogens with zero attached hydrogens (tertiary/aromatic N) is 2. The summed E-state index contributed by atoms with van der Waals surface area (Å²) in [6.45, 7) is 3.80. The van der Waals surface area contributed by atoms with Crippen LogP contribution in [0.2, 0.25) is 5.02 Å². The molecule has 0 spiro atoms. The van der Waals surface area contributed by atoms with E-state index >= 15 is 0 Å². The maximum Gasteiger partial charge on any atom is 0.227 e. The van der Waals surface area contributed by atoms with Crippen molar-refractivity contribution in [2.75, 3.05) is 19.6 Å². The third-order valence-electron chi connectivity index (χ3n) is 5.00. The third kappa shape index (κ3) is 3.01. The van der Waals surface area contributed by atoms with Gasteiger partial charge < -0.3 is 9.88 Å². The smallest absolute Gasteiger partial charge is 0.227 e. The summed E-state index contributed by atoms with van der Waals surface area (Å²) in [6.07, 6.45) is 2.43. The molecule has 0 unspecified atom stereocenters. The number of aromatic nitrogens is 1. The Bertz CT molecular complexity index is 683. The minimum absolute atomic E-state index is 0.224. The number of rotatable bonds is 4. The van der Waals surface area contributed by atoms with Gasteiger partial charge in [0.05, 0.1) is 6.42 Å². The van der Waals surface area contributed by atoms with E-state index < -0.39 is 0 Å². The van der Waals surface area contributed by atoms with Crippen LogP contribution in [0.15, 0.2) is 42.6 Å². The highest BCUT2D eigenvalue weighted by Crippen LogP contribution is 2.33. The van der Waals surface area contributed by atoms with Crippen LogP contribution >= 0.6 is 11.6 Å². The monoisotopic (exact) mass is 329 g/mol. The molecule has 2 aliphatic heterocycles. The molecule has 120 valence electrons. The lowest BCUT2D eigenvalue weighted by molar-refractivity contribution is -0.129. The number of carbonyl (C=O) groups excluding carboxylic acids is 1. The highest BCUT2D eigenvalue weighted by Gasteiger charge is 2.46. The Morgan fingerprint density at radius 2 is 2.00 bits per heavy atom. The van der Waals surface area contributed by atoms with Gasteiger partial charge in [-0.05, 0) is 29.8 Å². The van der Waals surface area contributed by atoms with Gasteiger partial charge in [-0.3, -0.25) is 9.69 Å².